The lowest BCUT2D eigenvalue weighted by atomic mass is 9.81. The van der Waals surface area contributed by atoms with Crippen LogP contribution in [0.25, 0.3) is 0 Å². The first-order valence-electron chi connectivity index (χ1n) is 6.35. The lowest BCUT2D eigenvalue weighted by Crippen LogP contribution is -2.33. The fourth-order valence-electron chi connectivity index (χ4n) is 1.82. The van der Waals surface area contributed by atoms with Crippen LogP contribution in [0.4, 0.5) is 4.39 Å². The fourth-order valence-corrected chi connectivity index (χ4v) is 2.69. The van der Waals surface area contributed by atoms with Gasteiger partial charge in [-0.2, -0.15) is 0 Å². The molecule has 4 heteroatoms. The molecule has 0 aliphatic heterocycles. The highest BCUT2D eigenvalue weighted by molar-refractivity contribution is 6.22. The molecular formula is C15H21Cl2FO. The van der Waals surface area contributed by atoms with Crippen LogP contribution in [-0.4, -0.2) is 24.0 Å². The Bertz CT molecular complexity index is 380. The smallest absolute Gasteiger partial charge is 0.123 e. The molecule has 1 aromatic rings. The molecule has 0 unspecified atom stereocenters. The summed E-state index contributed by atoms with van der Waals surface area (Å²) in [7, 11) is 0. The molecule has 0 aromatic heterocycles. The fraction of sp³-hybridized carbons (Fsp3) is 0.600. The van der Waals surface area contributed by atoms with E-state index in [0.717, 1.165) is 5.56 Å². The Morgan fingerprint density at radius 1 is 1.05 bits per heavy atom. The van der Waals surface area contributed by atoms with Crippen molar-refractivity contribution in [2.45, 2.75) is 38.2 Å². The standard InChI is InChI=1S/C15H21Cl2FO/c1-14(2,3)19-9-8-15(10-16,11-17)12-4-6-13(18)7-5-12/h4-7H,8-11H2,1-3H3. The maximum atomic E-state index is 13.0. The van der Waals surface area contributed by atoms with E-state index in [1.165, 1.54) is 12.1 Å². The Kier molecular flexibility index (Phi) is 6.10. The van der Waals surface area contributed by atoms with Gasteiger partial charge in [0.25, 0.3) is 0 Å². The number of rotatable bonds is 6. The third kappa shape index (κ3) is 4.94. The summed E-state index contributed by atoms with van der Waals surface area (Å²) in [6.07, 6.45) is 0.711. The van der Waals surface area contributed by atoms with Gasteiger partial charge in [-0.3, -0.25) is 0 Å². The van der Waals surface area contributed by atoms with Crippen molar-refractivity contribution < 1.29 is 9.13 Å². The van der Waals surface area contributed by atoms with Crippen LogP contribution in [0.1, 0.15) is 32.8 Å². The van der Waals surface area contributed by atoms with Gasteiger partial charge in [-0.05, 0) is 44.9 Å². The van der Waals surface area contributed by atoms with Gasteiger partial charge in [-0.1, -0.05) is 12.1 Å². The second-order valence-electron chi connectivity index (χ2n) is 5.77. The SMILES string of the molecule is CC(C)(C)OCCC(CCl)(CCl)c1ccc(F)cc1. The molecule has 0 radical (unpaired) electrons. The molecule has 0 aliphatic carbocycles. The van der Waals surface area contributed by atoms with Crippen LogP contribution in [0.2, 0.25) is 0 Å². The third-order valence-electron chi connectivity index (χ3n) is 3.08. The molecule has 0 saturated heterocycles. The van der Waals surface area contributed by atoms with E-state index >= 15 is 0 Å². The summed E-state index contributed by atoms with van der Waals surface area (Å²) in [4.78, 5) is 0. The second-order valence-corrected chi connectivity index (χ2v) is 6.30. The van der Waals surface area contributed by atoms with E-state index in [0.29, 0.717) is 24.8 Å². The number of benzene rings is 1. The van der Waals surface area contributed by atoms with Crippen molar-refractivity contribution in [3.63, 3.8) is 0 Å². The van der Waals surface area contributed by atoms with Crippen LogP contribution >= 0.6 is 23.2 Å². The van der Waals surface area contributed by atoms with E-state index in [2.05, 4.69) is 0 Å². The molecule has 108 valence electrons. The molecular weight excluding hydrogens is 286 g/mol. The van der Waals surface area contributed by atoms with E-state index in [-0.39, 0.29) is 16.8 Å². The second kappa shape index (κ2) is 6.92. The molecule has 0 saturated carbocycles. The number of hydrogen-bond donors (Lipinski definition) is 0. The van der Waals surface area contributed by atoms with Gasteiger partial charge in [0.05, 0.1) is 5.60 Å². The summed E-state index contributed by atoms with van der Waals surface area (Å²) >= 11 is 12.2. The molecule has 0 spiro atoms. The average Bonchev–Trinajstić information content (AvgIpc) is 2.35. The van der Waals surface area contributed by atoms with Crippen LogP contribution in [0, 0.1) is 5.82 Å². The van der Waals surface area contributed by atoms with Crippen LogP contribution in [0.3, 0.4) is 0 Å². The minimum absolute atomic E-state index is 0.187. The van der Waals surface area contributed by atoms with Gasteiger partial charge in [0.2, 0.25) is 0 Å². The van der Waals surface area contributed by atoms with E-state index < -0.39 is 0 Å². The van der Waals surface area contributed by atoms with Crippen molar-refractivity contribution >= 4 is 23.2 Å². The first-order valence-corrected chi connectivity index (χ1v) is 7.42. The summed E-state index contributed by atoms with van der Waals surface area (Å²) in [5.41, 5.74) is 0.395. The monoisotopic (exact) mass is 306 g/mol. The van der Waals surface area contributed by atoms with Gasteiger partial charge in [0.1, 0.15) is 5.82 Å². The minimum atomic E-state index is -0.373. The zero-order valence-electron chi connectivity index (χ0n) is 11.7. The van der Waals surface area contributed by atoms with E-state index in [4.69, 9.17) is 27.9 Å². The molecule has 0 heterocycles. The number of hydrogen-bond acceptors (Lipinski definition) is 1. The van der Waals surface area contributed by atoms with Crippen LogP contribution in [0.15, 0.2) is 24.3 Å². The predicted octanol–water partition coefficient (Wildman–Crippen LogP) is 4.75. The summed E-state index contributed by atoms with van der Waals surface area (Å²) in [5.74, 6) is 0.512. The molecule has 0 bridgehead atoms. The minimum Gasteiger partial charge on any atom is -0.376 e. The van der Waals surface area contributed by atoms with Crippen LogP contribution in [-0.2, 0) is 10.2 Å². The molecule has 0 atom stereocenters. The first-order chi connectivity index (χ1) is 8.83. The number of ether oxygens (including phenoxy) is 1. The number of halogens is 3. The number of alkyl halides is 2. The highest BCUT2D eigenvalue weighted by atomic mass is 35.5. The third-order valence-corrected chi connectivity index (χ3v) is 4.11. The Hall–Kier alpha value is -0.310. The Labute approximate surface area is 125 Å². The van der Waals surface area contributed by atoms with Crippen molar-refractivity contribution in [2.24, 2.45) is 0 Å². The molecule has 1 nitrogen and oxygen atoms in total. The highest BCUT2D eigenvalue weighted by Crippen LogP contribution is 2.32. The Morgan fingerprint density at radius 3 is 2.00 bits per heavy atom. The van der Waals surface area contributed by atoms with Crippen molar-refractivity contribution in [3.05, 3.63) is 35.6 Å². The lowest BCUT2D eigenvalue weighted by molar-refractivity contribution is -0.00964. The normalized spacial score (nSPS) is 12.7. The Balaban J connectivity index is 2.82. The van der Waals surface area contributed by atoms with Gasteiger partial charge in [0.15, 0.2) is 0 Å². The predicted molar refractivity (Wildman–Crippen MR) is 79.8 cm³/mol. The summed E-state index contributed by atoms with van der Waals surface area (Å²) < 4.78 is 18.7. The van der Waals surface area contributed by atoms with E-state index in [1.54, 1.807) is 12.1 Å². The average molecular weight is 307 g/mol. The van der Waals surface area contributed by atoms with Gasteiger partial charge >= 0.3 is 0 Å². The summed E-state index contributed by atoms with van der Waals surface area (Å²) in [6, 6.07) is 6.37. The molecule has 0 N–H and O–H groups in total. The summed E-state index contributed by atoms with van der Waals surface area (Å²) in [6.45, 7) is 6.59. The van der Waals surface area contributed by atoms with Crippen molar-refractivity contribution in [1.29, 1.82) is 0 Å². The quantitative estimate of drug-likeness (QED) is 0.689. The topological polar surface area (TPSA) is 9.23 Å². The molecule has 0 aliphatic rings. The highest BCUT2D eigenvalue weighted by Gasteiger charge is 2.31. The molecule has 1 aromatic carbocycles. The van der Waals surface area contributed by atoms with Gasteiger partial charge < -0.3 is 4.74 Å². The zero-order valence-corrected chi connectivity index (χ0v) is 13.2. The van der Waals surface area contributed by atoms with Crippen molar-refractivity contribution in [3.8, 4) is 0 Å². The molecule has 0 fully saturated rings. The van der Waals surface area contributed by atoms with E-state index in [9.17, 15) is 4.39 Å². The molecule has 1 rings (SSSR count). The van der Waals surface area contributed by atoms with Crippen molar-refractivity contribution in [1.82, 2.24) is 0 Å². The lowest BCUT2D eigenvalue weighted by Gasteiger charge is -2.31. The molecule has 0 amide bonds. The Morgan fingerprint density at radius 2 is 1.58 bits per heavy atom. The van der Waals surface area contributed by atoms with Crippen LogP contribution in [0.5, 0.6) is 0 Å². The maximum Gasteiger partial charge on any atom is 0.123 e. The van der Waals surface area contributed by atoms with Crippen molar-refractivity contribution in [2.75, 3.05) is 18.4 Å². The van der Waals surface area contributed by atoms with E-state index in [1.807, 2.05) is 20.8 Å². The van der Waals surface area contributed by atoms with Gasteiger partial charge in [-0.15, -0.1) is 23.2 Å². The first kappa shape index (κ1) is 16.7. The van der Waals surface area contributed by atoms with Crippen LogP contribution < -0.4 is 0 Å². The maximum absolute atomic E-state index is 13.0. The molecule has 19 heavy (non-hydrogen) atoms. The van der Waals surface area contributed by atoms with Gasteiger partial charge in [0, 0.05) is 23.8 Å². The largest absolute Gasteiger partial charge is 0.376 e. The van der Waals surface area contributed by atoms with Gasteiger partial charge in [-0.25, -0.2) is 4.39 Å². The zero-order chi connectivity index (χ0) is 14.5. The summed E-state index contributed by atoms with van der Waals surface area (Å²) in [5, 5.41) is 0.